The number of benzene rings is 1. The van der Waals surface area contributed by atoms with E-state index in [0.717, 1.165) is 38.6 Å². The fourth-order valence-electron chi connectivity index (χ4n) is 3.68. The molecule has 2 aromatic rings. The molecular formula is C19H25IN4S. The molecule has 0 aliphatic carbocycles. The third kappa shape index (κ3) is 4.01. The van der Waals surface area contributed by atoms with Crippen LogP contribution in [0.25, 0.3) is 0 Å². The number of aliphatic imine (C=N–C) groups is 1. The van der Waals surface area contributed by atoms with Crippen molar-refractivity contribution in [2.45, 2.75) is 19.4 Å². The second kappa shape index (κ2) is 8.51. The third-order valence-electron chi connectivity index (χ3n) is 4.95. The molecule has 4 rings (SSSR count). The molecule has 0 amide bonds. The van der Waals surface area contributed by atoms with Gasteiger partial charge >= 0.3 is 0 Å². The number of anilines is 1. The highest BCUT2D eigenvalue weighted by Gasteiger charge is 2.22. The van der Waals surface area contributed by atoms with Crippen molar-refractivity contribution in [3.05, 3.63) is 51.7 Å². The van der Waals surface area contributed by atoms with Gasteiger partial charge in [0.15, 0.2) is 5.96 Å². The summed E-state index contributed by atoms with van der Waals surface area (Å²) < 4.78 is 0. The lowest BCUT2D eigenvalue weighted by molar-refractivity contribution is 0.260. The number of fused-ring (bicyclic) bond motifs is 2. The number of hydrogen-bond donors (Lipinski definition) is 1. The maximum atomic E-state index is 4.49. The molecule has 25 heavy (non-hydrogen) atoms. The van der Waals surface area contributed by atoms with Crippen molar-refractivity contribution in [1.82, 2.24) is 10.2 Å². The monoisotopic (exact) mass is 468 g/mol. The van der Waals surface area contributed by atoms with Gasteiger partial charge in [0, 0.05) is 50.3 Å². The molecular weight excluding hydrogens is 443 g/mol. The number of thiophene rings is 1. The molecule has 134 valence electrons. The number of nitrogens with one attached hydrogen (secondary N) is 1. The predicted octanol–water partition coefficient (Wildman–Crippen LogP) is 3.36. The Balaban J connectivity index is 0.00000182. The first kappa shape index (κ1) is 18.7. The van der Waals surface area contributed by atoms with E-state index in [4.69, 9.17) is 0 Å². The number of guanidine groups is 1. The minimum absolute atomic E-state index is 0. The quantitative estimate of drug-likeness (QED) is 0.426. The van der Waals surface area contributed by atoms with E-state index in [1.165, 1.54) is 29.8 Å². The molecule has 0 bridgehead atoms. The third-order valence-corrected chi connectivity index (χ3v) is 5.98. The molecule has 0 unspecified atom stereocenters. The first-order valence-corrected chi connectivity index (χ1v) is 9.57. The zero-order chi connectivity index (χ0) is 16.4. The van der Waals surface area contributed by atoms with Crippen molar-refractivity contribution < 1.29 is 0 Å². The number of nitrogens with zero attached hydrogens (tertiary/aromatic N) is 3. The Labute approximate surface area is 171 Å². The molecule has 0 atom stereocenters. The van der Waals surface area contributed by atoms with E-state index in [1.807, 2.05) is 18.4 Å². The maximum absolute atomic E-state index is 4.49. The molecule has 1 aromatic carbocycles. The Morgan fingerprint density at radius 3 is 2.92 bits per heavy atom. The van der Waals surface area contributed by atoms with Crippen molar-refractivity contribution in [2.24, 2.45) is 4.99 Å². The molecule has 2 aliphatic rings. The van der Waals surface area contributed by atoms with Crippen molar-refractivity contribution in [3.63, 3.8) is 0 Å². The molecule has 2 aliphatic heterocycles. The van der Waals surface area contributed by atoms with Crippen LogP contribution in [0.2, 0.25) is 0 Å². The minimum Gasteiger partial charge on any atom is -0.355 e. The lowest BCUT2D eigenvalue weighted by atomic mass is 10.1. The van der Waals surface area contributed by atoms with Gasteiger partial charge in [-0.1, -0.05) is 18.2 Å². The largest absolute Gasteiger partial charge is 0.355 e. The summed E-state index contributed by atoms with van der Waals surface area (Å²) in [7, 11) is 1.88. The van der Waals surface area contributed by atoms with E-state index in [1.54, 1.807) is 4.88 Å². The number of hydrogen-bond acceptors (Lipinski definition) is 3. The highest BCUT2D eigenvalue weighted by molar-refractivity contribution is 14.0. The van der Waals surface area contributed by atoms with E-state index < -0.39 is 0 Å². The number of halogens is 1. The van der Waals surface area contributed by atoms with Crippen LogP contribution >= 0.6 is 35.3 Å². The first-order chi connectivity index (χ1) is 11.8. The molecule has 0 radical (unpaired) electrons. The standard InChI is InChI=1S/C19H24N4S.HI/c1-20-19(23-11-6-15-4-2-3-5-17(15)23)21-9-12-22-10-7-18-16(14-22)8-13-24-18;/h2-5,8,13H,6-7,9-12,14H2,1H3,(H,20,21);1H. The predicted molar refractivity (Wildman–Crippen MR) is 118 cm³/mol. The van der Waals surface area contributed by atoms with E-state index in [2.05, 4.69) is 55.8 Å². The zero-order valence-corrected chi connectivity index (χ0v) is 17.7. The summed E-state index contributed by atoms with van der Waals surface area (Å²) in [6.07, 6.45) is 2.30. The Morgan fingerprint density at radius 1 is 1.16 bits per heavy atom. The summed E-state index contributed by atoms with van der Waals surface area (Å²) in [5.41, 5.74) is 4.23. The van der Waals surface area contributed by atoms with Crippen LogP contribution in [0.4, 0.5) is 5.69 Å². The molecule has 0 spiro atoms. The Morgan fingerprint density at radius 2 is 2.04 bits per heavy atom. The Kier molecular flexibility index (Phi) is 6.35. The van der Waals surface area contributed by atoms with Crippen LogP contribution in [0.3, 0.4) is 0 Å². The summed E-state index contributed by atoms with van der Waals surface area (Å²) >= 11 is 1.90. The number of rotatable bonds is 3. The topological polar surface area (TPSA) is 30.9 Å². The van der Waals surface area contributed by atoms with E-state index in [0.29, 0.717) is 0 Å². The lowest BCUT2D eigenvalue weighted by Crippen LogP contribution is -2.44. The molecule has 1 aromatic heterocycles. The SMILES string of the molecule is CN=C(NCCN1CCc2sccc2C1)N1CCc2ccccc21.I. The molecule has 4 nitrogen and oxygen atoms in total. The summed E-state index contributed by atoms with van der Waals surface area (Å²) in [4.78, 5) is 10.9. The van der Waals surface area contributed by atoms with E-state index in [-0.39, 0.29) is 24.0 Å². The van der Waals surface area contributed by atoms with Crippen LogP contribution in [0.1, 0.15) is 16.0 Å². The summed E-state index contributed by atoms with van der Waals surface area (Å²) in [5, 5.41) is 5.78. The van der Waals surface area contributed by atoms with Gasteiger partial charge in [-0.15, -0.1) is 35.3 Å². The molecule has 0 fully saturated rings. The van der Waals surface area contributed by atoms with Gasteiger partial charge in [-0.2, -0.15) is 0 Å². The van der Waals surface area contributed by atoms with Gasteiger partial charge in [-0.25, -0.2) is 0 Å². The second-order valence-corrected chi connectivity index (χ2v) is 7.40. The van der Waals surface area contributed by atoms with Crippen molar-refractivity contribution in [1.29, 1.82) is 0 Å². The van der Waals surface area contributed by atoms with E-state index in [9.17, 15) is 0 Å². The molecule has 3 heterocycles. The van der Waals surface area contributed by atoms with Crippen LogP contribution in [-0.2, 0) is 19.4 Å². The van der Waals surface area contributed by atoms with Gasteiger partial charge in [0.2, 0.25) is 0 Å². The maximum Gasteiger partial charge on any atom is 0.198 e. The highest BCUT2D eigenvalue weighted by atomic mass is 127. The number of para-hydroxylation sites is 1. The lowest BCUT2D eigenvalue weighted by Gasteiger charge is -2.28. The fraction of sp³-hybridized carbons (Fsp3) is 0.421. The highest BCUT2D eigenvalue weighted by Crippen LogP contribution is 2.27. The average molecular weight is 468 g/mol. The van der Waals surface area contributed by atoms with Crippen molar-refractivity contribution in [3.8, 4) is 0 Å². The Bertz CT molecular complexity index is 743. The molecule has 6 heteroatoms. The second-order valence-electron chi connectivity index (χ2n) is 6.40. The van der Waals surface area contributed by atoms with Gasteiger partial charge < -0.3 is 10.2 Å². The van der Waals surface area contributed by atoms with Gasteiger partial charge in [-0.05, 0) is 41.5 Å². The average Bonchev–Trinajstić information content (AvgIpc) is 3.25. The first-order valence-electron chi connectivity index (χ1n) is 8.69. The van der Waals surface area contributed by atoms with Crippen LogP contribution in [-0.4, -0.2) is 44.1 Å². The van der Waals surface area contributed by atoms with Gasteiger partial charge in [0.05, 0.1) is 0 Å². The summed E-state index contributed by atoms with van der Waals surface area (Å²) in [6.45, 7) is 5.27. The summed E-state index contributed by atoms with van der Waals surface area (Å²) in [5.74, 6) is 0.994. The van der Waals surface area contributed by atoms with Crippen LogP contribution in [0, 0.1) is 0 Å². The Hall–Kier alpha value is -1.12. The van der Waals surface area contributed by atoms with Crippen LogP contribution in [0.5, 0.6) is 0 Å². The molecule has 1 N–H and O–H groups in total. The molecule has 0 saturated carbocycles. The normalized spacial score (nSPS) is 17.0. The smallest absolute Gasteiger partial charge is 0.198 e. The van der Waals surface area contributed by atoms with Gasteiger partial charge in [-0.3, -0.25) is 9.89 Å². The molecule has 0 saturated heterocycles. The van der Waals surface area contributed by atoms with Crippen LogP contribution < -0.4 is 10.2 Å². The van der Waals surface area contributed by atoms with Crippen molar-refractivity contribution in [2.75, 3.05) is 38.1 Å². The summed E-state index contributed by atoms with van der Waals surface area (Å²) in [6, 6.07) is 10.9. The fourth-order valence-corrected chi connectivity index (χ4v) is 4.57. The minimum atomic E-state index is 0. The van der Waals surface area contributed by atoms with Crippen LogP contribution in [0.15, 0.2) is 40.7 Å². The van der Waals surface area contributed by atoms with Gasteiger partial charge in [0.1, 0.15) is 0 Å². The van der Waals surface area contributed by atoms with E-state index >= 15 is 0 Å². The van der Waals surface area contributed by atoms with Crippen molar-refractivity contribution >= 4 is 47.0 Å². The van der Waals surface area contributed by atoms with Gasteiger partial charge in [0.25, 0.3) is 0 Å². The zero-order valence-electron chi connectivity index (χ0n) is 14.6.